The molecule has 3 nitrogen and oxygen atoms in total. The molecule has 1 heterocycles. The Balaban J connectivity index is 1.92. The zero-order valence-electron chi connectivity index (χ0n) is 9.80. The Morgan fingerprint density at radius 2 is 1.82 bits per heavy atom. The van der Waals surface area contributed by atoms with Gasteiger partial charge in [0.2, 0.25) is 0 Å². The van der Waals surface area contributed by atoms with Crippen LogP contribution in [0.1, 0.15) is 24.3 Å². The highest BCUT2D eigenvalue weighted by atomic mass is 32.1. The standard InChI is InChI=1S/C13H17N3S/c14-10-6-2-5-9-12-15-16-13(17-12)11-7-3-1-4-8-11/h1,3-4,7-8H,2,5-6,9-10,14H2. The van der Waals surface area contributed by atoms with Crippen LogP contribution in [0.2, 0.25) is 0 Å². The number of aromatic nitrogens is 2. The van der Waals surface area contributed by atoms with E-state index in [0.717, 1.165) is 41.4 Å². The second-order valence-electron chi connectivity index (χ2n) is 3.97. The normalized spacial score (nSPS) is 10.6. The predicted molar refractivity (Wildman–Crippen MR) is 72.0 cm³/mol. The highest BCUT2D eigenvalue weighted by Gasteiger charge is 2.05. The molecular weight excluding hydrogens is 230 g/mol. The molecule has 2 aromatic rings. The second kappa shape index (κ2) is 6.47. The number of benzene rings is 1. The van der Waals surface area contributed by atoms with Gasteiger partial charge >= 0.3 is 0 Å². The van der Waals surface area contributed by atoms with Crippen molar-refractivity contribution in [3.8, 4) is 10.6 Å². The number of aryl methyl sites for hydroxylation is 1. The Kier molecular flexibility index (Phi) is 4.64. The van der Waals surface area contributed by atoms with Gasteiger partial charge in [-0.05, 0) is 19.4 Å². The molecule has 1 aromatic carbocycles. The van der Waals surface area contributed by atoms with Gasteiger partial charge in [-0.25, -0.2) is 0 Å². The Labute approximate surface area is 106 Å². The van der Waals surface area contributed by atoms with Gasteiger partial charge in [0.05, 0.1) is 0 Å². The molecule has 0 aliphatic carbocycles. The van der Waals surface area contributed by atoms with E-state index in [9.17, 15) is 0 Å². The van der Waals surface area contributed by atoms with Crippen LogP contribution in [0.25, 0.3) is 10.6 Å². The van der Waals surface area contributed by atoms with E-state index < -0.39 is 0 Å². The van der Waals surface area contributed by atoms with Gasteiger partial charge in [0.15, 0.2) is 0 Å². The quantitative estimate of drug-likeness (QED) is 0.799. The second-order valence-corrected chi connectivity index (χ2v) is 5.03. The van der Waals surface area contributed by atoms with Crippen molar-refractivity contribution in [1.82, 2.24) is 10.2 Å². The molecule has 2 N–H and O–H groups in total. The van der Waals surface area contributed by atoms with Gasteiger partial charge in [-0.2, -0.15) is 0 Å². The van der Waals surface area contributed by atoms with E-state index >= 15 is 0 Å². The van der Waals surface area contributed by atoms with Crippen LogP contribution in [0.3, 0.4) is 0 Å². The minimum atomic E-state index is 0.783. The van der Waals surface area contributed by atoms with Crippen molar-refractivity contribution in [3.63, 3.8) is 0 Å². The summed E-state index contributed by atoms with van der Waals surface area (Å²) in [4.78, 5) is 0. The summed E-state index contributed by atoms with van der Waals surface area (Å²) in [5.41, 5.74) is 6.61. The average molecular weight is 247 g/mol. The van der Waals surface area contributed by atoms with Gasteiger partial charge in [0.1, 0.15) is 10.0 Å². The van der Waals surface area contributed by atoms with E-state index in [1.54, 1.807) is 11.3 Å². The van der Waals surface area contributed by atoms with Gasteiger partial charge in [-0.15, -0.1) is 10.2 Å². The fourth-order valence-electron chi connectivity index (χ4n) is 1.65. The molecule has 17 heavy (non-hydrogen) atoms. The lowest BCUT2D eigenvalue weighted by Gasteiger charge is -1.95. The molecule has 90 valence electrons. The van der Waals surface area contributed by atoms with E-state index in [1.165, 1.54) is 6.42 Å². The van der Waals surface area contributed by atoms with Crippen LogP contribution in [-0.2, 0) is 6.42 Å². The fourth-order valence-corrected chi connectivity index (χ4v) is 2.54. The summed E-state index contributed by atoms with van der Waals surface area (Å²) in [7, 11) is 0. The predicted octanol–water partition coefficient (Wildman–Crippen LogP) is 2.88. The number of nitrogens with zero attached hydrogens (tertiary/aromatic N) is 2. The summed E-state index contributed by atoms with van der Waals surface area (Å²) >= 11 is 1.69. The molecule has 0 unspecified atom stereocenters. The molecule has 1 aromatic heterocycles. The summed E-state index contributed by atoms with van der Waals surface area (Å²) in [5.74, 6) is 0. The summed E-state index contributed by atoms with van der Waals surface area (Å²) in [6, 6.07) is 10.2. The Bertz CT molecular complexity index is 439. The summed E-state index contributed by atoms with van der Waals surface area (Å²) in [6.07, 6.45) is 4.45. The van der Waals surface area contributed by atoms with E-state index in [0.29, 0.717) is 0 Å². The van der Waals surface area contributed by atoms with Crippen LogP contribution in [0.5, 0.6) is 0 Å². The number of unbranched alkanes of at least 4 members (excludes halogenated alkanes) is 2. The average Bonchev–Trinajstić information content (AvgIpc) is 2.85. The lowest BCUT2D eigenvalue weighted by molar-refractivity contribution is 0.681. The van der Waals surface area contributed by atoms with E-state index in [1.807, 2.05) is 18.2 Å². The molecule has 2 rings (SSSR count). The smallest absolute Gasteiger partial charge is 0.147 e. The zero-order valence-corrected chi connectivity index (χ0v) is 10.6. The Morgan fingerprint density at radius 3 is 2.59 bits per heavy atom. The topological polar surface area (TPSA) is 51.8 Å². The maximum atomic E-state index is 5.46. The minimum Gasteiger partial charge on any atom is -0.330 e. The number of rotatable bonds is 6. The van der Waals surface area contributed by atoms with Crippen molar-refractivity contribution >= 4 is 11.3 Å². The molecule has 0 spiro atoms. The van der Waals surface area contributed by atoms with Crippen LogP contribution in [-0.4, -0.2) is 16.7 Å². The molecule has 0 fully saturated rings. The molecular formula is C13H17N3S. The fraction of sp³-hybridized carbons (Fsp3) is 0.385. The Hall–Kier alpha value is -1.26. The maximum Gasteiger partial charge on any atom is 0.147 e. The first-order valence-corrected chi connectivity index (χ1v) is 6.79. The molecule has 0 aliphatic rings. The van der Waals surface area contributed by atoms with Gasteiger partial charge in [-0.3, -0.25) is 0 Å². The maximum absolute atomic E-state index is 5.46. The van der Waals surface area contributed by atoms with Crippen molar-refractivity contribution in [2.24, 2.45) is 5.73 Å². The third-order valence-electron chi connectivity index (χ3n) is 2.58. The van der Waals surface area contributed by atoms with Crippen LogP contribution >= 0.6 is 11.3 Å². The molecule has 4 heteroatoms. The van der Waals surface area contributed by atoms with Gasteiger partial charge in [0.25, 0.3) is 0 Å². The van der Waals surface area contributed by atoms with Crippen molar-refractivity contribution < 1.29 is 0 Å². The Morgan fingerprint density at radius 1 is 1.00 bits per heavy atom. The minimum absolute atomic E-state index is 0.783. The van der Waals surface area contributed by atoms with Gasteiger partial charge in [-0.1, -0.05) is 48.1 Å². The lowest BCUT2D eigenvalue weighted by atomic mass is 10.2. The highest BCUT2D eigenvalue weighted by Crippen LogP contribution is 2.23. The van der Waals surface area contributed by atoms with Gasteiger partial charge in [0, 0.05) is 12.0 Å². The summed E-state index contributed by atoms with van der Waals surface area (Å²) in [5, 5.41) is 10.6. The third kappa shape index (κ3) is 3.61. The number of hydrogen-bond acceptors (Lipinski definition) is 4. The van der Waals surface area contributed by atoms with Crippen LogP contribution in [0.4, 0.5) is 0 Å². The molecule has 0 amide bonds. The first-order chi connectivity index (χ1) is 8.40. The summed E-state index contributed by atoms with van der Waals surface area (Å²) in [6.45, 7) is 0.783. The molecule has 0 radical (unpaired) electrons. The number of hydrogen-bond donors (Lipinski definition) is 1. The highest BCUT2D eigenvalue weighted by molar-refractivity contribution is 7.14. The summed E-state index contributed by atoms with van der Waals surface area (Å²) < 4.78 is 0. The van der Waals surface area contributed by atoms with Crippen molar-refractivity contribution in [2.45, 2.75) is 25.7 Å². The van der Waals surface area contributed by atoms with E-state index in [2.05, 4.69) is 22.3 Å². The molecule has 0 saturated carbocycles. The zero-order chi connectivity index (χ0) is 11.9. The van der Waals surface area contributed by atoms with Crippen LogP contribution < -0.4 is 5.73 Å². The van der Waals surface area contributed by atoms with E-state index in [-0.39, 0.29) is 0 Å². The SMILES string of the molecule is NCCCCCc1nnc(-c2ccccc2)s1. The number of nitrogens with two attached hydrogens (primary N) is 1. The van der Waals surface area contributed by atoms with Crippen molar-refractivity contribution in [3.05, 3.63) is 35.3 Å². The monoisotopic (exact) mass is 247 g/mol. The molecule has 0 aliphatic heterocycles. The lowest BCUT2D eigenvalue weighted by Crippen LogP contribution is -1.98. The molecule has 0 bridgehead atoms. The first-order valence-electron chi connectivity index (χ1n) is 5.98. The van der Waals surface area contributed by atoms with Crippen molar-refractivity contribution in [2.75, 3.05) is 6.54 Å². The molecule has 0 saturated heterocycles. The largest absolute Gasteiger partial charge is 0.330 e. The van der Waals surface area contributed by atoms with Crippen molar-refractivity contribution in [1.29, 1.82) is 0 Å². The van der Waals surface area contributed by atoms with Crippen LogP contribution in [0.15, 0.2) is 30.3 Å². The van der Waals surface area contributed by atoms with Gasteiger partial charge < -0.3 is 5.73 Å². The van der Waals surface area contributed by atoms with Crippen LogP contribution in [0, 0.1) is 0 Å². The third-order valence-corrected chi connectivity index (χ3v) is 3.61. The van der Waals surface area contributed by atoms with E-state index in [4.69, 9.17) is 5.73 Å². The first kappa shape index (κ1) is 12.2. The molecule has 0 atom stereocenters.